The molecule has 16 heavy (non-hydrogen) atoms. The average Bonchev–Trinajstić information content (AvgIpc) is 2.62. The van der Waals surface area contributed by atoms with Gasteiger partial charge in [0, 0.05) is 5.41 Å². The molecular weight excluding hydrogens is 200 g/mol. The van der Waals surface area contributed by atoms with Crippen molar-refractivity contribution in [1.29, 1.82) is 0 Å². The number of hydrogen-bond donors (Lipinski definition) is 1. The molecule has 0 saturated carbocycles. The van der Waals surface area contributed by atoms with Crippen LogP contribution in [0.3, 0.4) is 0 Å². The fourth-order valence-corrected chi connectivity index (χ4v) is 2.49. The predicted octanol–water partition coefficient (Wildman–Crippen LogP) is 3.14. The number of aliphatic carboxylic acids is 1. The minimum absolute atomic E-state index is 0.0837. The van der Waals surface area contributed by atoms with Crippen LogP contribution in [0, 0.1) is 0 Å². The topological polar surface area (TPSA) is 37.3 Å². The Morgan fingerprint density at radius 3 is 2.69 bits per heavy atom. The lowest BCUT2D eigenvalue weighted by molar-refractivity contribution is -0.136. The fourth-order valence-electron chi connectivity index (χ4n) is 2.49. The molecule has 1 aromatic carbocycles. The number of carboxylic acid groups (broad SMARTS) is 1. The van der Waals surface area contributed by atoms with Gasteiger partial charge in [-0.2, -0.15) is 0 Å². The molecule has 0 spiro atoms. The Kier molecular flexibility index (Phi) is 2.82. The van der Waals surface area contributed by atoms with Gasteiger partial charge in [0.1, 0.15) is 0 Å². The monoisotopic (exact) mass is 216 g/mol. The molecule has 0 unspecified atom stereocenters. The molecule has 0 aliphatic heterocycles. The quantitative estimate of drug-likeness (QED) is 0.788. The second kappa shape index (κ2) is 4.12. The highest BCUT2D eigenvalue weighted by molar-refractivity contribution is 5.71. The molecule has 1 aliphatic rings. The van der Waals surface area contributed by atoms with Crippen LogP contribution in [0.15, 0.2) is 42.0 Å². The highest BCUT2D eigenvalue weighted by atomic mass is 16.4. The zero-order valence-corrected chi connectivity index (χ0v) is 9.44. The average molecular weight is 216 g/mol. The van der Waals surface area contributed by atoms with Crippen LogP contribution in [0.2, 0.25) is 0 Å². The van der Waals surface area contributed by atoms with E-state index < -0.39 is 5.97 Å². The first-order chi connectivity index (χ1) is 7.63. The molecular formula is C14H16O2. The number of carbonyl (C=O) groups is 1. The Morgan fingerprint density at radius 2 is 2.06 bits per heavy atom. The van der Waals surface area contributed by atoms with E-state index in [0.29, 0.717) is 0 Å². The van der Waals surface area contributed by atoms with Crippen molar-refractivity contribution in [2.24, 2.45) is 0 Å². The predicted molar refractivity (Wildman–Crippen MR) is 63.4 cm³/mol. The molecule has 0 bridgehead atoms. The number of benzene rings is 1. The maximum Gasteiger partial charge on any atom is 0.307 e. The molecule has 0 saturated heterocycles. The van der Waals surface area contributed by atoms with Crippen LogP contribution in [0.5, 0.6) is 0 Å². The summed E-state index contributed by atoms with van der Waals surface area (Å²) < 4.78 is 0. The summed E-state index contributed by atoms with van der Waals surface area (Å²) >= 11 is 0. The van der Waals surface area contributed by atoms with Gasteiger partial charge in [-0.1, -0.05) is 48.9 Å². The van der Waals surface area contributed by atoms with Gasteiger partial charge in [-0.05, 0) is 18.4 Å². The summed E-state index contributed by atoms with van der Waals surface area (Å²) in [6, 6.07) is 10.2. The van der Waals surface area contributed by atoms with Gasteiger partial charge in [-0.3, -0.25) is 4.79 Å². The van der Waals surface area contributed by atoms with Crippen LogP contribution < -0.4 is 0 Å². The van der Waals surface area contributed by atoms with E-state index in [1.165, 1.54) is 5.56 Å². The van der Waals surface area contributed by atoms with E-state index in [2.05, 4.69) is 25.1 Å². The van der Waals surface area contributed by atoms with Crippen molar-refractivity contribution in [3.05, 3.63) is 47.5 Å². The molecule has 2 nitrogen and oxygen atoms in total. The van der Waals surface area contributed by atoms with E-state index in [1.54, 1.807) is 0 Å². The van der Waals surface area contributed by atoms with Gasteiger partial charge in [0.25, 0.3) is 0 Å². The summed E-state index contributed by atoms with van der Waals surface area (Å²) in [5.41, 5.74) is 2.19. The third-order valence-electron chi connectivity index (χ3n) is 3.50. The Balaban J connectivity index is 2.32. The van der Waals surface area contributed by atoms with Gasteiger partial charge in [0.2, 0.25) is 0 Å². The third kappa shape index (κ3) is 1.87. The smallest absolute Gasteiger partial charge is 0.307 e. The summed E-state index contributed by atoms with van der Waals surface area (Å²) in [6.07, 6.45) is 4.24. The molecule has 1 atom stereocenters. The molecule has 1 aromatic rings. The van der Waals surface area contributed by atoms with E-state index >= 15 is 0 Å². The third-order valence-corrected chi connectivity index (χ3v) is 3.50. The van der Waals surface area contributed by atoms with Gasteiger partial charge < -0.3 is 5.11 Å². The first kappa shape index (κ1) is 10.9. The standard InChI is InChI=1S/C14H16O2/c1-14(11-6-3-2-4-7-11)9-5-8-12(14)10-13(15)16/h2-4,6-8H,5,9-10H2,1H3,(H,15,16)/t14-/m1/s1. The lowest BCUT2D eigenvalue weighted by Gasteiger charge is -2.28. The summed E-state index contributed by atoms with van der Waals surface area (Å²) in [5, 5.41) is 8.91. The molecule has 1 aliphatic carbocycles. The number of carboxylic acids is 1. The van der Waals surface area contributed by atoms with Crippen molar-refractivity contribution < 1.29 is 9.90 Å². The molecule has 2 heteroatoms. The zero-order valence-electron chi connectivity index (χ0n) is 9.44. The van der Waals surface area contributed by atoms with Gasteiger partial charge in [0.15, 0.2) is 0 Å². The maximum atomic E-state index is 10.8. The summed E-state index contributed by atoms with van der Waals surface area (Å²) in [5.74, 6) is -0.740. The maximum absolute atomic E-state index is 10.8. The Labute approximate surface area is 95.6 Å². The highest BCUT2D eigenvalue weighted by Crippen LogP contribution is 2.42. The largest absolute Gasteiger partial charge is 0.481 e. The van der Waals surface area contributed by atoms with E-state index in [1.807, 2.05) is 18.2 Å². The number of allylic oxidation sites excluding steroid dienone is 1. The normalized spacial score (nSPS) is 24.2. The summed E-state index contributed by atoms with van der Waals surface area (Å²) in [4.78, 5) is 10.8. The van der Waals surface area contributed by atoms with E-state index in [4.69, 9.17) is 5.11 Å². The minimum Gasteiger partial charge on any atom is -0.481 e. The van der Waals surface area contributed by atoms with Gasteiger partial charge in [0.05, 0.1) is 6.42 Å². The van der Waals surface area contributed by atoms with Crippen LogP contribution in [-0.2, 0) is 10.2 Å². The molecule has 0 radical (unpaired) electrons. The van der Waals surface area contributed by atoms with Crippen LogP contribution in [-0.4, -0.2) is 11.1 Å². The van der Waals surface area contributed by atoms with E-state index in [9.17, 15) is 4.79 Å². The Morgan fingerprint density at radius 1 is 1.38 bits per heavy atom. The SMILES string of the molecule is C[C@]1(c2ccccc2)CCC=C1CC(=O)O. The van der Waals surface area contributed by atoms with Crippen molar-refractivity contribution >= 4 is 5.97 Å². The van der Waals surface area contributed by atoms with Crippen molar-refractivity contribution in [2.45, 2.75) is 31.6 Å². The lowest BCUT2D eigenvalue weighted by atomic mass is 9.76. The van der Waals surface area contributed by atoms with Gasteiger partial charge in [-0.25, -0.2) is 0 Å². The molecule has 0 fully saturated rings. The highest BCUT2D eigenvalue weighted by Gasteiger charge is 2.34. The molecule has 2 rings (SSSR count). The summed E-state index contributed by atoms with van der Waals surface area (Å²) in [7, 11) is 0. The van der Waals surface area contributed by atoms with Crippen molar-refractivity contribution in [2.75, 3.05) is 0 Å². The Hall–Kier alpha value is -1.57. The molecule has 84 valence electrons. The second-order valence-corrected chi connectivity index (χ2v) is 4.54. The lowest BCUT2D eigenvalue weighted by Crippen LogP contribution is -2.22. The van der Waals surface area contributed by atoms with Crippen molar-refractivity contribution in [1.82, 2.24) is 0 Å². The molecule has 0 amide bonds. The van der Waals surface area contributed by atoms with E-state index in [0.717, 1.165) is 18.4 Å². The molecule has 0 aromatic heterocycles. The van der Waals surface area contributed by atoms with Crippen LogP contribution in [0.4, 0.5) is 0 Å². The molecule has 0 heterocycles. The first-order valence-corrected chi connectivity index (χ1v) is 5.60. The summed E-state index contributed by atoms with van der Waals surface area (Å²) in [6.45, 7) is 2.14. The van der Waals surface area contributed by atoms with Crippen LogP contribution >= 0.6 is 0 Å². The van der Waals surface area contributed by atoms with Gasteiger partial charge in [-0.15, -0.1) is 0 Å². The fraction of sp³-hybridized carbons (Fsp3) is 0.357. The Bertz CT molecular complexity index is 420. The van der Waals surface area contributed by atoms with Crippen LogP contribution in [0.1, 0.15) is 31.7 Å². The van der Waals surface area contributed by atoms with Crippen molar-refractivity contribution in [3.8, 4) is 0 Å². The number of rotatable bonds is 3. The second-order valence-electron chi connectivity index (χ2n) is 4.54. The first-order valence-electron chi connectivity index (χ1n) is 5.60. The minimum atomic E-state index is -0.740. The zero-order chi connectivity index (χ0) is 11.6. The van der Waals surface area contributed by atoms with Crippen molar-refractivity contribution in [3.63, 3.8) is 0 Å². The van der Waals surface area contributed by atoms with E-state index in [-0.39, 0.29) is 11.8 Å². The molecule has 1 N–H and O–H groups in total. The number of hydrogen-bond acceptors (Lipinski definition) is 1. The van der Waals surface area contributed by atoms with Crippen LogP contribution in [0.25, 0.3) is 0 Å². The van der Waals surface area contributed by atoms with Gasteiger partial charge >= 0.3 is 5.97 Å².